The maximum absolute atomic E-state index is 5.09. The minimum atomic E-state index is -0.406. The predicted octanol–water partition coefficient (Wildman–Crippen LogP) is 12.6. The molecule has 3 nitrogen and oxygen atoms in total. The molecule has 0 saturated carbocycles. The van der Waals surface area contributed by atoms with Crippen LogP contribution in [0.4, 0.5) is 0 Å². The lowest BCUT2D eigenvalue weighted by atomic mass is 9.67. The molecule has 0 radical (unpaired) electrons. The van der Waals surface area contributed by atoms with E-state index in [2.05, 4.69) is 175 Å². The summed E-state index contributed by atoms with van der Waals surface area (Å²) in [7, 11) is 0. The van der Waals surface area contributed by atoms with E-state index in [0.717, 1.165) is 44.9 Å². The Hall–Kier alpha value is -7.23. The summed E-state index contributed by atoms with van der Waals surface area (Å²) in [5, 5.41) is 0. The van der Waals surface area contributed by atoms with Gasteiger partial charge in [-0.2, -0.15) is 0 Å². The Labute approximate surface area is 321 Å². The van der Waals surface area contributed by atoms with Crippen LogP contribution >= 0.6 is 0 Å². The molecule has 0 amide bonds. The average molecular weight is 702 g/mol. The van der Waals surface area contributed by atoms with Gasteiger partial charge in [0, 0.05) is 28.5 Å². The monoisotopic (exact) mass is 701 g/mol. The molecule has 0 saturated heterocycles. The second-order valence-electron chi connectivity index (χ2n) is 14.0. The quantitative estimate of drug-likeness (QED) is 0.166. The molecule has 0 bridgehead atoms. The van der Waals surface area contributed by atoms with Crippen molar-refractivity contribution in [2.24, 2.45) is 0 Å². The lowest BCUT2D eigenvalue weighted by Crippen LogP contribution is -2.28. The average Bonchev–Trinajstić information content (AvgIpc) is 3.58. The van der Waals surface area contributed by atoms with E-state index >= 15 is 0 Å². The number of hydrogen-bond acceptors (Lipinski definition) is 3. The van der Waals surface area contributed by atoms with Gasteiger partial charge in [0.25, 0.3) is 0 Å². The van der Waals surface area contributed by atoms with E-state index in [1.165, 1.54) is 38.9 Å². The molecule has 0 N–H and O–H groups in total. The number of benzene rings is 7. The first kappa shape index (κ1) is 32.4. The topological polar surface area (TPSA) is 38.7 Å². The van der Waals surface area contributed by atoms with E-state index in [0.29, 0.717) is 5.82 Å². The van der Waals surface area contributed by atoms with Gasteiger partial charge in [-0.3, -0.25) is 4.98 Å². The van der Waals surface area contributed by atoms with Crippen LogP contribution in [-0.2, 0) is 5.41 Å². The summed E-state index contributed by atoms with van der Waals surface area (Å²) in [4.78, 5) is 14.7. The van der Waals surface area contributed by atoms with Crippen molar-refractivity contribution >= 4 is 0 Å². The van der Waals surface area contributed by atoms with Crippen molar-refractivity contribution in [2.75, 3.05) is 0 Å². The second kappa shape index (κ2) is 13.6. The molecule has 2 heterocycles. The Balaban J connectivity index is 1.04. The van der Waals surface area contributed by atoms with Crippen molar-refractivity contribution in [3.05, 3.63) is 235 Å². The van der Waals surface area contributed by atoms with Gasteiger partial charge in [0.05, 0.1) is 22.5 Å². The molecule has 0 aliphatic heterocycles. The van der Waals surface area contributed by atoms with Crippen molar-refractivity contribution < 1.29 is 0 Å². The maximum atomic E-state index is 5.09. The van der Waals surface area contributed by atoms with Gasteiger partial charge in [0.1, 0.15) is 0 Å². The van der Waals surface area contributed by atoms with E-state index in [4.69, 9.17) is 9.97 Å². The zero-order valence-corrected chi connectivity index (χ0v) is 30.0. The number of nitrogens with zero attached hydrogens (tertiary/aromatic N) is 3. The highest BCUT2D eigenvalue weighted by Crippen LogP contribution is 2.56. The van der Waals surface area contributed by atoms with Gasteiger partial charge in [-0.25, -0.2) is 9.97 Å². The van der Waals surface area contributed by atoms with Crippen LogP contribution in [0.5, 0.6) is 0 Å². The van der Waals surface area contributed by atoms with Gasteiger partial charge in [0.15, 0.2) is 5.82 Å². The molecule has 0 spiro atoms. The summed E-state index contributed by atoms with van der Waals surface area (Å²) >= 11 is 0. The normalized spacial score (nSPS) is 12.5. The molecule has 10 rings (SSSR count). The van der Waals surface area contributed by atoms with Crippen molar-refractivity contribution in [1.82, 2.24) is 15.0 Å². The predicted molar refractivity (Wildman–Crippen MR) is 224 cm³/mol. The van der Waals surface area contributed by atoms with Crippen molar-refractivity contribution in [2.45, 2.75) is 5.41 Å². The zero-order valence-electron chi connectivity index (χ0n) is 30.0. The summed E-state index contributed by atoms with van der Waals surface area (Å²) < 4.78 is 0. The highest BCUT2D eigenvalue weighted by molar-refractivity contribution is 5.89. The van der Waals surface area contributed by atoms with E-state index in [1.54, 1.807) is 0 Å². The van der Waals surface area contributed by atoms with Gasteiger partial charge < -0.3 is 0 Å². The molecule has 55 heavy (non-hydrogen) atoms. The third kappa shape index (κ3) is 5.65. The third-order valence-corrected chi connectivity index (χ3v) is 10.9. The molecular formula is C52H35N3. The van der Waals surface area contributed by atoms with Crippen molar-refractivity contribution in [3.63, 3.8) is 0 Å². The molecule has 258 valence electrons. The number of pyridine rings is 1. The Morgan fingerprint density at radius 3 is 1.40 bits per heavy atom. The number of fused-ring (bicyclic) bond motifs is 3. The fourth-order valence-corrected chi connectivity index (χ4v) is 8.27. The molecular weight excluding hydrogens is 667 g/mol. The summed E-state index contributed by atoms with van der Waals surface area (Å²) in [6, 6.07) is 73.3. The molecule has 0 fully saturated rings. The Morgan fingerprint density at radius 2 is 0.800 bits per heavy atom. The Kier molecular flexibility index (Phi) is 8.04. The van der Waals surface area contributed by atoms with Gasteiger partial charge in [0.2, 0.25) is 0 Å². The summed E-state index contributed by atoms with van der Waals surface area (Å²) in [6.07, 6.45) is 1.82. The van der Waals surface area contributed by atoms with Crippen LogP contribution in [0.25, 0.3) is 67.4 Å². The maximum Gasteiger partial charge on any atom is 0.160 e. The number of rotatable bonds is 7. The molecule has 9 aromatic rings. The van der Waals surface area contributed by atoms with Crippen LogP contribution in [-0.4, -0.2) is 15.0 Å². The first-order chi connectivity index (χ1) is 27.3. The van der Waals surface area contributed by atoms with Gasteiger partial charge in [-0.05, 0) is 68.8 Å². The summed E-state index contributed by atoms with van der Waals surface area (Å²) in [5.74, 6) is 0.698. The van der Waals surface area contributed by atoms with Crippen LogP contribution in [0.2, 0.25) is 0 Å². The van der Waals surface area contributed by atoms with Gasteiger partial charge in [-0.15, -0.1) is 0 Å². The molecule has 3 heteroatoms. The minimum Gasteiger partial charge on any atom is -0.256 e. The molecule has 7 aromatic carbocycles. The van der Waals surface area contributed by atoms with Crippen LogP contribution in [0.15, 0.2) is 212 Å². The first-order valence-electron chi connectivity index (χ1n) is 18.7. The standard InChI is InChI=1S/C52H35N3/c1-4-14-40(15-5-1)51-54-49(35-50(55-51)39-29-27-37(28-30-39)48-22-12-13-33-53-48)38-25-23-36(24-26-38)41-31-32-47-45(34-41)44-20-10-11-21-46(44)52(47,42-16-6-2-7-17-42)43-18-8-3-9-19-43/h1-35H. The lowest BCUT2D eigenvalue weighted by Gasteiger charge is -2.33. The highest BCUT2D eigenvalue weighted by Gasteiger charge is 2.45. The van der Waals surface area contributed by atoms with E-state index in [1.807, 2.05) is 42.6 Å². The molecule has 0 unspecified atom stereocenters. The zero-order chi connectivity index (χ0) is 36.6. The van der Waals surface area contributed by atoms with E-state index in [9.17, 15) is 0 Å². The third-order valence-electron chi connectivity index (χ3n) is 10.9. The van der Waals surface area contributed by atoms with Crippen molar-refractivity contribution in [1.29, 1.82) is 0 Å². The second-order valence-corrected chi connectivity index (χ2v) is 14.0. The molecule has 1 aliphatic rings. The summed E-state index contributed by atoms with van der Waals surface area (Å²) in [5.41, 5.74) is 16.4. The Morgan fingerprint density at radius 1 is 0.309 bits per heavy atom. The molecule has 0 atom stereocenters. The summed E-state index contributed by atoms with van der Waals surface area (Å²) in [6.45, 7) is 0. The van der Waals surface area contributed by atoms with Gasteiger partial charge >= 0.3 is 0 Å². The number of hydrogen-bond donors (Lipinski definition) is 0. The molecule has 1 aliphatic carbocycles. The SMILES string of the molecule is c1ccc(-c2nc(-c3ccc(-c4ccc5c(c4)-c4ccccc4C5(c4ccccc4)c4ccccc4)cc3)cc(-c3ccc(-c4ccccn4)cc3)n2)cc1. The first-order valence-corrected chi connectivity index (χ1v) is 18.7. The largest absolute Gasteiger partial charge is 0.256 e. The minimum absolute atomic E-state index is 0.406. The smallest absolute Gasteiger partial charge is 0.160 e. The van der Waals surface area contributed by atoms with Crippen LogP contribution < -0.4 is 0 Å². The van der Waals surface area contributed by atoms with Crippen LogP contribution in [0.1, 0.15) is 22.3 Å². The Bertz CT molecular complexity index is 2720. The molecule has 2 aromatic heterocycles. The number of aromatic nitrogens is 3. The van der Waals surface area contributed by atoms with Crippen molar-refractivity contribution in [3.8, 4) is 67.4 Å². The fraction of sp³-hybridized carbons (Fsp3) is 0.0192. The lowest BCUT2D eigenvalue weighted by molar-refractivity contribution is 0.768. The highest BCUT2D eigenvalue weighted by atomic mass is 14.9. The van der Waals surface area contributed by atoms with Gasteiger partial charge in [-0.1, -0.05) is 182 Å². The fourth-order valence-electron chi connectivity index (χ4n) is 8.27. The van der Waals surface area contributed by atoms with E-state index in [-0.39, 0.29) is 0 Å². The van der Waals surface area contributed by atoms with Crippen LogP contribution in [0, 0.1) is 0 Å². The van der Waals surface area contributed by atoms with Crippen LogP contribution in [0.3, 0.4) is 0 Å². The van der Waals surface area contributed by atoms with E-state index < -0.39 is 5.41 Å².